The van der Waals surface area contributed by atoms with Crippen molar-refractivity contribution >= 4 is 40.0 Å². The van der Waals surface area contributed by atoms with E-state index in [0.717, 1.165) is 12.8 Å². The van der Waals surface area contributed by atoms with Gasteiger partial charge in [-0.05, 0) is 62.1 Å². The largest absolute Gasteiger partial charge is 0.543 e. The molecule has 2 aliphatic heterocycles. The van der Waals surface area contributed by atoms with Crippen LogP contribution < -0.4 is 8.85 Å². The smallest absolute Gasteiger partial charge is 0.342 e. The summed E-state index contributed by atoms with van der Waals surface area (Å²) < 4.78 is 25.1. The number of benzene rings is 1. The van der Waals surface area contributed by atoms with Gasteiger partial charge in [0.1, 0.15) is 23.2 Å². The minimum absolute atomic E-state index is 0.0563. The summed E-state index contributed by atoms with van der Waals surface area (Å²) in [5, 5.41) is 0.0516. The zero-order chi connectivity index (χ0) is 29.6. The summed E-state index contributed by atoms with van der Waals surface area (Å²) in [6.07, 6.45) is 5.44. The molecule has 0 unspecified atom stereocenters. The first-order chi connectivity index (χ1) is 17.7. The van der Waals surface area contributed by atoms with E-state index in [9.17, 15) is 9.59 Å². The van der Waals surface area contributed by atoms with Gasteiger partial charge in [-0.2, -0.15) is 0 Å². The van der Waals surface area contributed by atoms with Gasteiger partial charge in [0.2, 0.25) is 0 Å². The Balaban J connectivity index is 2.22. The summed E-state index contributed by atoms with van der Waals surface area (Å²) in [6, 6.07) is 1.75. The lowest BCUT2D eigenvalue weighted by molar-refractivity contribution is -0.114. The molecule has 6 nitrogen and oxygen atoms in total. The highest BCUT2D eigenvalue weighted by Gasteiger charge is 2.43. The topological polar surface area (TPSA) is 74.4 Å². The van der Waals surface area contributed by atoms with Crippen LogP contribution in [0.2, 0.25) is 41.3 Å². The monoisotopic (exact) mass is 594 g/mol. The molecule has 2 heterocycles. The van der Waals surface area contributed by atoms with Gasteiger partial charge in [0.25, 0.3) is 16.6 Å². The van der Waals surface area contributed by atoms with Crippen LogP contribution >= 0.6 is 11.6 Å². The number of fused-ring (bicyclic) bond motifs is 2. The third kappa shape index (κ3) is 7.57. The van der Waals surface area contributed by atoms with E-state index >= 15 is 0 Å². The van der Waals surface area contributed by atoms with Gasteiger partial charge in [-0.1, -0.05) is 59.2 Å². The van der Waals surface area contributed by atoms with E-state index in [1.165, 1.54) is 0 Å². The van der Waals surface area contributed by atoms with E-state index in [2.05, 4.69) is 67.7 Å². The van der Waals surface area contributed by atoms with Crippen molar-refractivity contribution in [3.63, 3.8) is 0 Å². The minimum Gasteiger partial charge on any atom is -0.543 e. The average Bonchev–Trinajstić information content (AvgIpc) is 3.49. The number of epoxide rings is 1. The van der Waals surface area contributed by atoms with Crippen LogP contribution in [0.5, 0.6) is 11.5 Å². The van der Waals surface area contributed by atoms with Crippen LogP contribution in [-0.4, -0.2) is 46.7 Å². The molecule has 2 aliphatic rings. The average molecular weight is 595 g/mol. The highest BCUT2D eigenvalue weighted by molar-refractivity contribution is 6.75. The molecule has 0 saturated carbocycles. The van der Waals surface area contributed by atoms with Gasteiger partial charge in [-0.25, -0.2) is 4.79 Å². The van der Waals surface area contributed by atoms with Gasteiger partial charge in [0.15, 0.2) is 5.78 Å². The number of halogens is 1. The highest BCUT2D eigenvalue weighted by atomic mass is 35.5. The fourth-order valence-electron chi connectivity index (χ4n) is 4.03. The van der Waals surface area contributed by atoms with Gasteiger partial charge in [-0.3, -0.25) is 4.79 Å². The third-order valence-electron chi connectivity index (χ3n) is 8.67. The lowest BCUT2D eigenvalue weighted by Gasteiger charge is -2.39. The van der Waals surface area contributed by atoms with Crippen molar-refractivity contribution in [1.82, 2.24) is 0 Å². The number of hydrogen-bond acceptors (Lipinski definition) is 6. The van der Waals surface area contributed by atoms with E-state index < -0.39 is 22.6 Å². The van der Waals surface area contributed by atoms with Crippen molar-refractivity contribution in [1.29, 1.82) is 0 Å². The standard InChI is InChI=1S/C30H47ClO6Si2/c1-19-16-23-22(35-23)15-13-12-14-20(32)17-21-26(28(33)34-19)24(36-38(8,9)29(2,3)4)18-25(27(21)31)37-39(10,11)30(5,6)7/h12,14,18-19,22-23H,13,15-17H2,1-11H3/b14-12+/t19-,22-,23-/m1/s1. The number of carbonyl (C=O) groups excluding carboxylic acids is 2. The Bertz CT molecular complexity index is 1130. The molecule has 0 spiro atoms. The van der Waals surface area contributed by atoms with E-state index in [4.69, 9.17) is 29.9 Å². The summed E-state index contributed by atoms with van der Waals surface area (Å²) in [7, 11) is -4.72. The quantitative estimate of drug-likeness (QED) is 0.198. The van der Waals surface area contributed by atoms with Gasteiger partial charge in [0.05, 0.1) is 17.2 Å². The molecular weight excluding hydrogens is 548 g/mol. The first-order valence-corrected chi connectivity index (χ1v) is 20.2. The van der Waals surface area contributed by atoms with Gasteiger partial charge in [0, 0.05) is 24.5 Å². The van der Waals surface area contributed by atoms with Crippen molar-refractivity contribution < 1.29 is 27.9 Å². The molecule has 1 fully saturated rings. The second-order valence-corrected chi connectivity index (χ2v) is 23.9. The van der Waals surface area contributed by atoms with Crippen LogP contribution in [0.15, 0.2) is 18.2 Å². The molecule has 39 heavy (non-hydrogen) atoms. The number of ketones is 1. The van der Waals surface area contributed by atoms with Crippen molar-refractivity contribution in [3.8, 4) is 11.5 Å². The first kappa shape index (κ1) is 31.9. The molecule has 0 aliphatic carbocycles. The molecule has 1 aromatic rings. The van der Waals surface area contributed by atoms with Gasteiger partial charge in [-0.15, -0.1) is 0 Å². The van der Waals surface area contributed by atoms with Crippen LogP contribution in [0, 0.1) is 0 Å². The Kier molecular flexibility index (Phi) is 9.28. The summed E-state index contributed by atoms with van der Waals surface area (Å²) in [6.45, 7) is 23.3. The number of allylic oxidation sites excluding steroid dienone is 2. The second-order valence-electron chi connectivity index (χ2n) is 14.1. The molecule has 1 aromatic carbocycles. The molecule has 9 heteroatoms. The number of hydrogen-bond donors (Lipinski definition) is 0. The molecule has 0 bridgehead atoms. The first-order valence-electron chi connectivity index (χ1n) is 14.0. The summed E-state index contributed by atoms with van der Waals surface area (Å²) in [5.41, 5.74) is 0.609. The zero-order valence-corrected chi connectivity index (χ0v) is 28.4. The Hall–Kier alpha value is -1.62. The molecule has 218 valence electrons. The fraction of sp³-hybridized carbons (Fsp3) is 0.667. The van der Waals surface area contributed by atoms with Crippen molar-refractivity contribution in [3.05, 3.63) is 34.4 Å². The predicted octanol–water partition coefficient (Wildman–Crippen LogP) is 8.27. The lowest BCUT2D eigenvalue weighted by atomic mass is 9.99. The van der Waals surface area contributed by atoms with E-state index in [1.807, 2.05) is 13.0 Å². The maximum atomic E-state index is 13.8. The maximum Gasteiger partial charge on any atom is 0.342 e. The van der Waals surface area contributed by atoms with Crippen LogP contribution in [0.3, 0.4) is 0 Å². The van der Waals surface area contributed by atoms with Crippen molar-refractivity contribution in [2.75, 3.05) is 0 Å². The third-order valence-corrected chi connectivity index (χ3v) is 17.8. The fourth-order valence-corrected chi connectivity index (χ4v) is 6.38. The number of cyclic esters (lactones) is 1. The second kappa shape index (κ2) is 11.3. The van der Waals surface area contributed by atoms with Crippen LogP contribution in [0.1, 0.15) is 83.7 Å². The molecule has 0 radical (unpaired) electrons. The molecule has 0 N–H and O–H groups in total. The SMILES string of the molecule is C[C@@H]1C[C@H]2O[C@@H]2CC/C=C/C(=O)Cc2c(Cl)c(O[Si](C)(C)C(C)(C)C)cc(O[Si](C)(C)C(C)(C)C)c2C(=O)O1. The van der Waals surface area contributed by atoms with Crippen LogP contribution in [-0.2, 0) is 20.7 Å². The Morgan fingerprint density at radius 1 is 0.923 bits per heavy atom. The molecule has 3 rings (SSSR count). The minimum atomic E-state index is -2.41. The molecule has 3 atom stereocenters. The summed E-state index contributed by atoms with van der Waals surface area (Å²) in [4.78, 5) is 27.0. The predicted molar refractivity (Wildman–Crippen MR) is 162 cm³/mol. The Morgan fingerprint density at radius 2 is 1.49 bits per heavy atom. The Morgan fingerprint density at radius 3 is 2.05 bits per heavy atom. The molecule has 0 amide bonds. The normalized spacial score (nSPS) is 24.2. The molecular formula is C30H47ClO6Si2. The van der Waals surface area contributed by atoms with E-state index in [-0.39, 0.29) is 51.2 Å². The van der Waals surface area contributed by atoms with Crippen LogP contribution in [0.25, 0.3) is 0 Å². The zero-order valence-electron chi connectivity index (χ0n) is 25.6. The van der Waals surface area contributed by atoms with E-state index in [0.29, 0.717) is 23.5 Å². The summed E-state index contributed by atoms with van der Waals surface area (Å²) >= 11 is 7.01. The molecule has 1 saturated heterocycles. The molecule has 0 aromatic heterocycles. The Labute approximate surface area is 242 Å². The summed E-state index contributed by atoms with van der Waals surface area (Å²) in [5.74, 6) is 0.130. The number of rotatable bonds is 4. The highest BCUT2D eigenvalue weighted by Crippen LogP contribution is 2.46. The maximum absolute atomic E-state index is 13.8. The van der Waals surface area contributed by atoms with Crippen LogP contribution in [0.4, 0.5) is 0 Å². The lowest BCUT2D eigenvalue weighted by Crippen LogP contribution is -2.45. The van der Waals surface area contributed by atoms with Gasteiger partial charge < -0.3 is 18.3 Å². The van der Waals surface area contributed by atoms with Crippen molar-refractivity contribution in [2.45, 2.75) is 129 Å². The number of esters is 1. The van der Waals surface area contributed by atoms with Gasteiger partial charge >= 0.3 is 5.97 Å². The van der Waals surface area contributed by atoms with E-state index in [1.54, 1.807) is 12.1 Å². The number of carbonyl (C=O) groups is 2. The number of ether oxygens (including phenoxy) is 2. The van der Waals surface area contributed by atoms with Crippen molar-refractivity contribution in [2.24, 2.45) is 0 Å².